The van der Waals surface area contributed by atoms with E-state index < -0.39 is 5.91 Å². The number of nitrogens with two attached hydrogens (primary N) is 1. The zero-order valence-corrected chi connectivity index (χ0v) is 7.29. The summed E-state index contributed by atoms with van der Waals surface area (Å²) in [6, 6.07) is 3.89. The number of hydrogen-bond donors (Lipinski definition) is 1. The summed E-state index contributed by atoms with van der Waals surface area (Å²) >= 11 is 0. The van der Waals surface area contributed by atoms with Crippen LogP contribution in [0.1, 0.15) is 25.7 Å². The third-order valence-corrected chi connectivity index (χ3v) is 1.47. The van der Waals surface area contributed by atoms with Crippen molar-refractivity contribution in [2.24, 2.45) is 5.73 Å². The Labute approximate surface area is 77.3 Å². The molecular formula is C9H11N3O. The molecule has 0 radical (unpaired) electrons. The largest absolute Gasteiger partial charge is 0.366 e. The van der Waals surface area contributed by atoms with E-state index in [0.29, 0.717) is 24.8 Å². The Morgan fingerprint density at radius 3 is 2.38 bits per heavy atom. The molecule has 0 aromatic rings. The molecule has 68 valence electrons. The lowest BCUT2D eigenvalue weighted by Crippen LogP contribution is -2.13. The minimum absolute atomic E-state index is 0.279. The van der Waals surface area contributed by atoms with E-state index in [0.717, 1.165) is 0 Å². The van der Waals surface area contributed by atoms with Crippen LogP contribution in [0.5, 0.6) is 0 Å². The monoisotopic (exact) mass is 177 g/mol. The summed E-state index contributed by atoms with van der Waals surface area (Å²) in [6.07, 6.45) is 3.16. The Kier molecular flexibility index (Phi) is 5.92. The molecule has 1 amide bonds. The molecule has 0 aliphatic rings. The minimum Gasteiger partial charge on any atom is -0.366 e. The molecule has 0 heterocycles. The van der Waals surface area contributed by atoms with Crippen molar-refractivity contribution in [2.75, 3.05) is 0 Å². The van der Waals surface area contributed by atoms with Gasteiger partial charge in [-0.2, -0.15) is 10.5 Å². The van der Waals surface area contributed by atoms with Gasteiger partial charge in [-0.15, -0.1) is 0 Å². The lowest BCUT2D eigenvalue weighted by Gasteiger charge is -1.97. The maximum atomic E-state index is 10.8. The molecule has 0 aliphatic heterocycles. The van der Waals surface area contributed by atoms with E-state index in [1.807, 2.05) is 12.1 Å². The molecule has 0 saturated heterocycles. The van der Waals surface area contributed by atoms with Crippen LogP contribution < -0.4 is 5.73 Å². The molecule has 4 heteroatoms. The van der Waals surface area contributed by atoms with Crippen molar-refractivity contribution in [2.45, 2.75) is 25.7 Å². The van der Waals surface area contributed by atoms with Gasteiger partial charge in [-0.3, -0.25) is 4.79 Å². The highest BCUT2D eigenvalue weighted by Crippen LogP contribution is 2.05. The van der Waals surface area contributed by atoms with E-state index in [4.69, 9.17) is 16.3 Å². The molecule has 0 bridgehead atoms. The van der Waals surface area contributed by atoms with Gasteiger partial charge in [-0.25, -0.2) is 0 Å². The van der Waals surface area contributed by atoms with Gasteiger partial charge in [0.2, 0.25) is 5.91 Å². The third kappa shape index (κ3) is 5.46. The van der Waals surface area contributed by atoms with Crippen LogP contribution in [0.15, 0.2) is 11.6 Å². The number of rotatable bonds is 5. The first-order valence-electron chi connectivity index (χ1n) is 3.95. The molecule has 0 rings (SSSR count). The number of amides is 1. The van der Waals surface area contributed by atoms with Crippen LogP contribution in [0.2, 0.25) is 0 Å². The lowest BCUT2D eigenvalue weighted by molar-refractivity contribution is -0.114. The van der Waals surface area contributed by atoms with Crippen LogP contribution in [-0.4, -0.2) is 5.91 Å². The topological polar surface area (TPSA) is 90.7 Å². The van der Waals surface area contributed by atoms with Crippen LogP contribution in [0, 0.1) is 22.7 Å². The van der Waals surface area contributed by atoms with Crippen LogP contribution in [-0.2, 0) is 4.79 Å². The molecule has 0 aliphatic carbocycles. The fourth-order valence-corrected chi connectivity index (χ4v) is 0.827. The zero-order chi connectivity index (χ0) is 10.1. The third-order valence-electron chi connectivity index (χ3n) is 1.47. The number of nitrogens with zero attached hydrogens (tertiary/aromatic N) is 2. The molecule has 0 saturated carbocycles. The van der Waals surface area contributed by atoms with Gasteiger partial charge in [0.1, 0.15) is 0 Å². The van der Waals surface area contributed by atoms with Gasteiger partial charge in [-0.1, -0.05) is 6.08 Å². The number of unbranched alkanes of at least 4 members (excludes halogenated alkanes) is 1. The number of allylic oxidation sites excluding steroid dienone is 1. The second-order valence-corrected chi connectivity index (χ2v) is 2.45. The first kappa shape index (κ1) is 11.2. The Morgan fingerprint density at radius 1 is 1.31 bits per heavy atom. The van der Waals surface area contributed by atoms with Gasteiger partial charge in [0, 0.05) is 18.4 Å². The van der Waals surface area contributed by atoms with Crippen molar-refractivity contribution in [3.63, 3.8) is 0 Å². The SMILES string of the molecule is N#CCC/C=C(/CCC#N)C(N)=O. The molecule has 13 heavy (non-hydrogen) atoms. The van der Waals surface area contributed by atoms with Crippen LogP contribution in [0.4, 0.5) is 0 Å². The highest BCUT2D eigenvalue weighted by atomic mass is 16.1. The second-order valence-electron chi connectivity index (χ2n) is 2.45. The minimum atomic E-state index is -0.506. The fraction of sp³-hybridized carbons (Fsp3) is 0.444. The Hall–Kier alpha value is -1.81. The van der Waals surface area contributed by atoms with Gasteiger partial charge < -0.3 is 5.73 Å². The summed E-state index contributed by atoms with van der Waals surface area (Å²) in [4.78, 5) is 10.8. The first-order valence-corrected chi connectivity index (χ1v) is 3.95. The highest BCUT2D eigenvalue weighted by molar-refractivity contribution is 5.91. The maximum Gasteiger partial charge on any atom is 0.244 e. The van der Waals surface area contributed by atoms with Crippen molar-refractivity contribution in [3.05, 3.63) is 11.6 Å². The van der Waals surface area contributed by atoms with E-state index in [2.05, 4.69) is 0 Å². The number of hydrogen-bond acceptors (Lipinski definition) is 3. The highest BCUT2D eigenvalue weighted by Gasteiger charge is 2.02. The molecule has 2 N–H and O–H groups in total. The van der Waals surface area contributed by atoms with Gasteiger partial charge in [0.25, 0.3) is 0 Å². The average molecular weight is 177 g/mol. The summed E-state index contributed by atoms with van der Waals surface area (Å²) in [6.45, 7) is 0. The van der Waals surface area contributed by atoms with Crippen LogP contribution in [0.3, 0.4) is 0 Å². The summed E-state index contributed by atoms with van der Waals surface area (Å²) in [7, 11) is 0. The molecule has 0 fully saturated rings. The predicted octanol–water partition coefficient (Wildman–Crippen LogP) is 1.01. The number of carbonyl (C=O) groups is 1. The fourth-order valence-electron chi connectivity index (χ4n) is 0.827. The van der Waals surface area contributed by atoms with Gasteiger partial charge in [0.15, 0.2) is 0 Å². The summed E-state index contributed by atoms with van der Waals surface area (Å²) < 4.78 is 0. The van der Waals surface area contributed by atoms with Gasteiger partial charge in [0.05, 0.1) is 12.1 Å². The van der Waals surface area contributed by atoms with E-state index in [-0.39, 0.29) is 6.42 Å². The number of primary amides is 1. The van der Waals surface area contributed by atoms with Crippen molar-refractivity contribution in [1.29, 1.82) is 10.5 Å². The quantitative estimate of drug-likeness (QED) is 0.501. The smallest absolute Gasteiger partial charge is 0.244 e. The molecular weight excluding hydrogens is 166 g/mol. The molecule has 0 atom stereocenters. The Balaban J connectivity index is 4.10. The van der Waals surface area contributed by atoms with Gasteiger partial charge >= 0.3 is 0 Å². The van der Waals surface area contributed by atoms with Crippen molar-refractivity contribution < 1.29 is 4.79 Å². The van der Waals surface area contributed by atoms with Gasteiger partial charge in [-0.05, 0) is 12.8 Å². The molecule has 0 unspecified atom stereocenters. The van der Waals surface area contributed by atoms with Crippen molar-refractivity contribution in [3.8, 4) is 12.1 Å². The number of carbonyl (C=O) groups excluding carboxylic acids is 1. The van der Waals surface area contributed by atoms with E-state index in [1.165, 1.54) is 0 Å². The normalized spacial score (nSPS) is 10.2. The van der Waals surface area contributed by atoms with Crippen LogP contribution >= 0.6 is 0 Å². The molecule has 4 nitrogen and oxygen atoms in total. The molecule has 0 aromatic heterocycles. The zero-order valence-electron chi connectivity index (χ0n) is 7.29. The van der Waals surface area contributed by atoms with E-state index >= 15 is 0 Å². The predicted molar refractivity (Wildman–Crippen MR) is 47.0 cm³/mol. The van der Waals surface area contributed by atoms with Crippen molar-refractivity contribution in [1.82, 2.24) is 0 Å². The summed E-state index contributed by atoms with van der Waals surface area (Å²) in [5.74, 6) is -0.506. The average Bonchev–Trinajstić information content (AvgIpc) is 2.10. The second kappa shape index (κ2) is 6.87. The van der Waals surface area contributed by atoms with Crippen LogP contribution in [0.25, 0.3) is 0 Å². The van der Waals surface area contributed by atoms with E-state index in [1.54, 1.807) is 6.08 Å². The lowest BCUT2D eigenvalue weighted by atomic mass is 10.1. The Morgan fingerprint density at radius 2 is 1.92 bits per heavy atom. The molecule has 0 aromatic carbocycles. The van der Waals surface area contributed by atoms with Crippen molar-refractivity contribution >= 4 is 5.91 Å². The molecule has 0 spiro atoms. The standard InChI is InChI=1S/C9H11N3O/c10-6-2-1-4-8(9(12)13)5-3-7-11/h4H,1-3,5H2,(H2,12,13)/b8-4-. The maximum absolute atomic E-state index is 10.8. The summed E-state index contributed by atoms with van der Waals surface area (Å²) in [5.41, 5.74) is 5.50. The summed E-state index contributed by atoms with van der Waals surface area (Å²) in [5, 5.41) is 16.5. The van der Waals surface area contributed by atoms with E-state index in [9.17, 15) is 4.79 Å². The first-order chi connectivity index (χ1) is 6.22. The number of nitriles is 2. The Bertz CT molecular complexity index is 280.